The fourth-order valence-electron chi connectivity index (χ4n) is 2.01. The molecule has 2 aromatic heterocycles. The van der Waals surface area contributed by atoms with E-state index in [0.717, 1.165) is 31.2 Å². The predicted molar refractivity (Wildman–Crippen MR) is 152 cm³/mol. The molecule has 2 rings (SSSR count). The summed E-state index contributed by atoms with van der Waals surface area (Å²) in [5, 5.41) is 19.1. The Morgan fingerprint density at radius 2 is 1.34 bits per heavy atom. The van der Waals surface area contributed by atoms with Gasteiger partial charge in [0.15, 0.2) is 15.8 Å². The van der Waals surface area contributed by atoms with Crippen LogP contribution in [0.25, 0.3) is 10.0 Å². The molecule has 0 aromatic carbocycles. The summed E-state index contributed by atoms with van der Waals surface area (Å²) in [6.45, 7) is 6.79. The molecule has 0 aliphatic carbocycles. The normalized spacial score (nSPS) is 10.5. The molecular formula is C21H33ClN4O5S4. The first-order chi connectivity index (χ1) is 15.8. The molecule has 0 amide bonds. The molecular weight excluding hydrogens is 552 g/mol. The lowest BCUT2D eigenvalue weighted by molar-refractivity contribution is -0.141. The number of nitrogens with zero attached hydrogens (tertiary/aromatic N) is 2. The Morgan fingerprint density at radius 1 is 0.971 bits per heavy atom. The lowest BCUT2D eigenvalue weighted by Crippen LogP contribution is -2.26. The number of aromatic nitrogens is 2. The first-order valence-corrected chi connectivity index (χ1v) is 12.7. The summed E-state index contributed by atoms with van der Waals surface area (Å²) in [6, 6.07) is 0. The van der Waals surface area contributed by atoms with Gasteiger partial charge in [0.25, 0.3) is 0 Å². The van der Waals surface area contributed by atoms with Gasteiger partial charge >= 0.3 is 5.97 Å². The van der Waals surface area contributed by atoms with E-state index >= 15 is 0 Å². The number of hydrogen-bond donors (Lipinski definition) is 4. The summed E-state index contributed by atoms with van der Waals surface area (Å²) in [5.74, 6) is -0.616. The van der Waals surface area contributed by atoms with Crippen LogP contribution in [-0.2, 0) is 27.2 Å². The van der Waals surface area contributed by atoms with Gasteiger partial charge in [-0.2, -0.15) is 0 Å². The highest BCUT2D eigenvalue weighted by molar-refractivity contribution is 7.89. The second-order valence-corrected chi connectivity index (χ2v) is 10.2. The number of alkyl halides is 1. The topological polar surface area (TPSA) is 162 Å². The van der Waals surface area contributed by atoms with Crippen molar-refractivity contribution in [3.63, 3.8) is 0 Å². The zero-order valence-corrected chi connectivity index (χ0v) is 23.3. The Hall–Kier alpha value is -1.61. The summed E-state index contributed by atoms with van der Waals surface area (Å²) >= 11 is 17.3. The van der Waals surface area contributed by atoms with Crippen LogP contribution in [0.5, 0.6) is 0 Å². The number of ketones is 1. The van der Waals surface area contributed by atoms with Crippen LogP contribution in [0.15, 0.2) is 0 Å². The third-order valence-electron chi connectivity index (χ3n) is 3.76. The Balaban J connectivity index is 0. The van der Waals surface area contributed by atoms with Crippen molar-refractivity contribution in [3.05, 3.63) is 21.1 Å². The number of hydrogen-bond acceptors (Lipinski definition) is 11. The fourth-order valence-corrected chi connectivity index (χ4v) is 4.20. The fraction of sp³-hybridized carbons (Fsp3) is 0.524. The maximum absolute atomic E-state index is 10.4. The monoisotopic (exact) mass is 584 g/mol. The molecule has 0 spiro atoms. The van der Waals surface area contributed by atoms with Crippen molar-refractivity contribution in [3.8, 4) is 10.0 Å². The number of nitrogens with two attached hydrogens (primary N) is 2. The molecule has 14 heteroatoms. The molecule has 0 fully saturated rings. The molecule has 0 radical (unpaired) electrons. The standard InChI is InChI=1S/C12H16N2O2S2.C6H9ClO3.C2H4N2S2.CH4/c1-7-9(3-5-15)17-11(13-7)12-14-8(2)10(18-12)4-6-16;1-4(8)6(7)3-10-5(2)9;3-1(5)2(4)6;/h15-16H,3-6H2,1-2H3;6H,3H2,1-2H3;(H2,3,5)(H2,4,6);1H4. The summed E-state index contributed by atoms with van der Waals surface area (Å²) in [4.78, 5) is 32.1. The van der Waals surface area contributed by atoms with E-state index in [-0.39, 0.29) is 43.0 Å². The molecule has 198 valence electrons. The van der Waals surface area contributed by atoms with Gasteiger partial charge in [0, 0.05) is 42.7 Å². The molecule has 0 aliphatic heterocycles. The number of aliphatic hydroxyl groups excluding tert-OH is 2. The van der Waals surface area contributed by atoms with E-state index in [4.69, 9.17) is 33.3 Å². The van der Waals surface area contributed by atoms with Gasteiger partial charge in [-0.3, -0.25) is 9.59 Å². The molecule has 2 heterocycles. The zero-order chi connectivity index (χ0) is 26.4. The molecule has 35 heavy (non-hydrogen) atoms. The van der Waals surface area contributed by atoms with E-state index in [0.29, 0.717) is 12.8 Å². The van der Waals surface area contributed by atoms with E-state index in [1.165, 1.54) is 13.8 Å². The van der Waals surface area contributed by atoms with Crippen LogP contribution < -0.4 is 11.5 Å². The van der Waals surface area contributed by atoms with Gasteiger partial charge in [-0.05, 0) is 20.8 Å². The van der Waals surface area contributed by atoms with Gasteiger partial charge in [-0.25, -0.2) is 9.97 Å². The highest BCUT2D eigenvalue weighted by Crippen LogP contribution is 2.32. The Labute approximate surface area is 229 Å². The Kier molecular flexibility index (Phi) is 18.9. The number of ether oxygens (including phenoxy) is 1. The second-order valence-electron chi connectivity index (χ2n) is 6.61. The van der Waals surface area contributed by atoms with Crippen LogP contribution in [0.4, 0.5) is 0 Å². The average Bonchev–Trinajstić information content (AvgIpc) is 3.30. The number of aliphatic hydroxyl groups is 2. The number of carbonyl (C=O) groups excluding carboxylic acids is 2. The summed E-state index contributed by atoms with van der Waals surface area (Å²) in [7, 11) is 0. The van der Waals surface area contributed by atoms with E-state index in [2.05, 4.69) is 39.1 Å². The van der Waals surface area contributed by atoms with Crippen LogP contribution in [0.1, 0.15) is 42.4 Å². The van der Waals surface area contributed by atoms with Crippen LogP contribution in [0, 0.1) is 13.8 Å². The molecule has 2 aromatic rings. The van der Waals surface area contributed by atoms with Gasteiger partial charge in [-0.15, -0.1) is 34.3 Å². The van der Waals surface area contributed by atoms with E-state index in [9.17, 15) is 9.59 Å². The molecule has 0 aliphatic rings. The number of rotatable bonds is 8. The molecule has 1 atom stereocenters. The first-order valence-electron chi connectivity index (χ1n) is 9.85. The van der Waals surface area contributed by atoms with E-state index < -0.39 is 11.3 Å². The minimum atomic E-state index is -0.705. The van der Waals surface area contributed by atoms with Crippen LogP contribution >= 0.6 is 58.7 Å². The van der Waals surface area contributed by atoms with Crippen molar-refractivity contribution in [1.82, 2.24) is 9.97 Å². The minimum absolute atomic E-state index is 0. The number of esters is 1. The molecule has 0 bridgehead atoms. The highest BCUT2D eigenvalue weighted by Gasteiger charge is 2.14. The van der Waals surface area contributed by atoms with Crippen molar-refractivity contribution in [2.45, 2.75) is 53.3 Å². The van der Waals surface area contributed by atoms with Crippen LogP contribution in [0.3, 0.4) is 0 Å². The molecule has 9 nitrogen and oxygen atoms in total. The Morgan fingerprint density at radius 3 is 1.60 bits per heavy atom. The zero-order valence-electron chi connectivity index (χ0n) is 19.3. The minimum Gasteiger partial charge on any atom is -0.464 e. The maximum Gasteiger partial charge on any atom is 0.302 e. The number of aryl methyl sites for hydroxylation is 2. The SMILES string of the molecule is C.CC(=O)OCC(Cl)C(C)=O.Cc1nc(-c2nc(C)c(CCO)s2)sc1CCO.NC(=S)C(N)=S. The summed E-state index contributed by atoms with van der Waals surface area (Å²) < 4.78 is 4.47. The van der Waals surface area contributed by atoms with Gasteiger partial charge < -0.3 is 26.4 Å². The summed E-state index contributed by atoms with van der Waals surface area (Å²) in [5.41, 5.74) is 11.7. The molecule has 0 saturated heterocycles. The smallest absolute Gasteiger partial charge is 0.302 e. The lowest BCUT2D eigenvalue weighted by atomic mass is 10.3. The Bertz CT molecular complexity index is 921. The van der Waals surface area contributed by atoms with Crippen molar-refractivity contribution in [2.24, 2.45) is 11.5 Å². The third kappa shape index (κ3) is 14.5. The predicted octanol–water partition coefficient (Wildman–Crippen LogP) is 2.89. The average molecular weight is 585 g/mol. The molecule has 0 saturated carbocycles. The van der Waals surface area contributed by atoms with Crippen molar-refractivity contribution >= 4 is 80.4 Å². The summed E-state index contributed by atoms with van der Waals surface area (Å²) in [6.07, 6.45) is 1.30. The number of thiocarbonyl (C=S) groups is 2. The van der Waals surface area contributed by atoms with Crippen molar-refractivity contribution in [2.75, 3.05) is 19.8 Å². The lowest BCUT2D eigenvalue weighted by Gasteiger charge is -2.03. The molecule has 1 unspecified atom stereocenters. The van der Waals surface area contributed by atoms with Crippen LogP contribution in [-0.4, -0.2) is 67.1 Å². The van der Waals surface area contributed by atoms with E-state index in [1.54, 1.807) is 22.7 Å². The van der Waals surface area contributed by atoms with Gasteiger partial charge in [0.1, 0.15) is 22.0 Å². The van der Waals surface area contributed by atoms with Crippen molar-refractivity contribution < 1.29 is 24.5 Å². The number of Topliss-reactive ketones (excluding diaryl/α,β-unsaturated/α-hetero) is 1. The quantitative estimate of drug-likeness (QED) is 0.205. The third-order valence-corrected chi connectivity index (χ3v) is 7.34. The van der Waals surface area contributed by atoms with Gasteiger partial charge in [0.05, 0.1) is 11.4 Å². The van der Waals surface area contributed by atoms with Crippen LogP contribution in [0.2, 0.25) is 0 Å². The second kappa shape index (κ2) is 18.6. The van der Waals surface area contributed by atoms with Gasteiger partial charge in [0.2, 0.25) is 0 Å². The number of halogens is 1. The van der Waals surface area contributed by atoms with Gasteiger partial charge in [-0.1, -0.05) is 31.9 Å². The molecule has 6 N–H and O–H groups in total. The number of thiazole rings is 2. The first kappa shape index (κ1) is 35.6. The van der Waals surface area contributed by atoms with E-state index in [1.807, 2.05) is 13.8 Å². The highest BCUT2D eigenvalue weighted by atomic mass is 35.5. The van der Waals surface area contributed by atoms with Crippen molar-refractivity contribution in [1.29, 1.82) is 0 Å². The largest absolute Gasteiger partial charge is 0.464 e. The number of carbonyl (C=O) groups is 2. The maximum atomic E-state index is 10.4.